The Morgan fingerprint density at radius 1 is 1.80 bits per heavy atom. The minimum absolute atomic E-state index is 0.159. The Labute approximate surface area is 62.2 Å². The fraction of sp³-hybridized carbons (Fsp3) is 0.800. The molecule has 0 saturated carbocycles. The van der Waals surface area contributed by atoms with Gasteiger partial charge in [-0.3, -0.25) is 9.00 Å². The van der Waals surface area contributed by atoms with Crippen molar-refractivity contribution >= 4 is 16.8 Å². The van der Waals surface area contributed by atoms with E-state index in [1.54, 1.807) is 0 Å². The highest BCUT2D eigenvalue weighted by Crippen LogP contribution is 1.85. The number of carbonyl (C=O) groups excluding carboxylic acids is 1. The van der Waals surface area contributed by atoms with E-state index in [0.29, 0.717) is 0 Å². The first-order valence-electron chi connectivity index (χ1n) is 2.71. The third-order valence-electron chi connectivity index (χ3n) is 0.918. The van der Waals surface area contributed by atoms with E-state index in [1.165, 1.54) is 13.4 Å². The molecule has 2 N–H and O–H groups in total. The van der Waals surface area contributed by atoms with E-state index >= 15 is 0 Å². The first kappa shape index (κ1) is 9.58. The maximum absolute atomic E-state index is 10.6. The average molecular weight is 165 g/mol. The van der Waals surface area contributed by atoms with E-state index in [2.05, 4.69) is 4.74 Å². The summed E-state index contributed by atoms with van der Waals surface area (Å²) in [7, 11) is 0.207. The summed E-state index contributed by atoms with van der Waals surface area (Å²) in [6.45, 7) is 0. The number of hydrogen-bond donors (Lipinski definition) is 1. The minimum atomic E-state index is -1.04. The Hall–Kier alpha value is -0.420. The number of carbonyl (C=O) groups is 1. The molecule has 0 spiro atoms. The first-order valence-corrected chi connectivity index (χ1v) is 4.44. The van der Waals surface area contributed by atoms with Crippen LogP contribution in [0, 0.1) is 0 Å². The normalized spacial score (nSPS) is 15.9. The van der Waals surface area contributed by atoms with E-state index in [-0.39, 0.29) is 5.75 Å². The van der Waals surface area contributed by atoms with Gasteiger partial charge in [0.1, 0.15) is 6.04 Å². The summed E-state index contributed by atoms with van der Waals surface area (Å²) >= 11 is 0. The maximum atomic E-state index is 10.6. The molecule has 0 bridgehead atoms. The predicted molar refractivity (Wildman–Crippen MR) is 38.9 cm³/mol. The summed E-state index contributed by atoms with van der Waals surface area (Å²) in [6.07, 6.45) is 1.49. The van der Waals surface area contributed by atoms with Gasteiger partial charge >= 0.3 is 5.97 Å². The molecule has 0 fully saturated rings. The number of ether oxygens (including phenoxy) is 1. The van der Waals surface area contributed by atoms with Crippen LogP contribution in [-0.2, 0) is 20.3 Å². The maximum Gasteiger partial charge on any atom is 0.323 e. The van der Waals surface area contributed by atoms with E-state index in [0.717, 1.165) is 0 Å². The second-order valence-electron chi connectivity index (χ2n) is 1.87. The predicted octanol–water partition coefficient (Wildman–Crippen LogP) is -1.13. The molecular weight excluding hydrogens is 154 g/mol. The molecule has 0 heterocycles. The third kappa shape index (κ3) is 3.58. The molecule has 10 heavy (non-hydrogen) atoms. The molecule has 0 aliphatic carbocycles. The fourth-order valence-corrected chi connectivity index (χ4v) is 1.11. The van der Waals surface area contributed by atoms with Gasteiger partial charge in [0.15, 0.2) is 0 Å². The number of rotatable bonds is 3. The van der Waals surface area contributed by atoms with Gasteiger partial charge in [0, 0.05) is 22.8 Å². The second kappa shape index (κ2) is 4.40. The summed E-state index contributed by atoms with van der Waals surface area (Å²) in [4.78, 5) is 10.6. The monoisotopic (exact) mass is 165 g/mol. The van der Waals surface area contributed by atoms with Crippen molar-refractivity contribution < 1.29 is 13.7 Å². The van der Waals surface area contributed by atoms with Gasteiger partial charge in [-0.2, -0.15) is 0 Å². The van der Waals surface area contributed by atoms with Crippen molar-refractivity contribution in [2.45, 2.75) is 6.04 Å². The van der Waals surface area contributed by atoms with E-state index in [1.807, 2.05) is 0 Å². The largest absolute Gasteiger partial charge is 0.468 e. The molecule has 0 aromatic rings. The van der Waals surface area contributed by atoms with Crippen LogP contribution in [0.15, 0.2) is 0 Å². The van der Waals surface area contributed by atoms with Gasteiger partial charge in [-0.15, -0.1) is 0 Å². The Bertz CT molecular complexity index is 148. The molecule has 0 aromatic heterocycles. The minimum Gasteiger partial charge on any atom is -0.468 e. The van der Waals surface area contributed by atoms with Gasteiger partial charge < -0.3 is 10.5 Å². The Kier molecular flexibility index (Phi) is 4.22. The lowest BCUT2D eigenvalue weighted by Gasteiger charge is -2.05. The van der Waals surface area contributed by atoms with Gasteiger partial charge in [-0.1, -0.05) is 0 Å². The van der Waals surface area contributed by atoms with Gasteiger partial charge in [-0.05, 0) is 0 Å². The number of hydrogen-bond acceptors (Lipinski definition) is 4. The second-order valence-corrected chi connectivity index (χ2v) is 3.35. The van der Waals surface area contributed by atoms with Crippen molar-refractivity contribution in [3.63, 3.8) is 0 Å². The van der Waals surface area contributed by atoms with Crippen molar-refractivity contribution in [3.05, 3.63) is 0 Å². The standard InChI is InChI=1S/C5H11NO3S/c1-9-5(7)4(6)3-10(2)8/h4H,3,6H2,1-2H3/t4-,10-/m0/s1. The molecular formula is C5H11NO3S. The topological polar surface area (TPSA) is 69.4 Å². The molecule has 0 amide bonds. The molecule has 0 aliphatic heterocycles. The van der Waals surface area contributed by atoms with Crippen molar-refractivity contribution in [3.8, 4) is 0 Å². The van der Waals surface area contributed by atoms with Crippen LogP contribution in [0.1, 0.15) is 0 Å². The molecule has 2 atom stereocenters. The Morgan fingerprint density at radius 2 is 2.30 bits per heavy atom. The zero-order valence-electron chi connectivity index (χ0n) is 5.99. The van der Waals surface area contributed by atoms with Crippen LogP contribution in [0.3, 0.4) is 0 Å². The Morgan fingerprint density at radius 3 is 2.60 bits per heavy atom. The van der Waals surface area contributed by atoms with E-state index < -0.39 is 22.8 Å². The lowest BCUT2D eigenvalue weighted by molar-refractivity contribution is -0.141. The molecule has 4 nitrogen and oxygen atoms in total. The highest BCUT2D eigenvalue weighted by molar-refractivity contribution is 7.84. The molecule has 5 heteroatoms. The summed E-state index contributed by atoms with van der Waals surface area (Å²) in [5.41, 5.74) is 5.26. The lowest BCUT2D eigenvalue weighted by Crippen LogP contribution is -2.36. The fourth-order valence-electron chi connectivity index (χ4n) is 0.472. The van der Waals surface area contributed by atoms with Crippen molar-refractivity contribution in [2.24, 2.45) is 5.73 Å². The van der Waals surface area contributed by atoms with E-state index in [9.17, 15) is 9.00 Å². The van der Waals surface area contributed by atoms with Crippen LogP contribution < -0.4 is 5.73 Å². The quantitative estimate of drug-likeness (QED) is 0.537. The van der Waals surface area contributed by atoms with Crippen molar-refractivity contribution in [1.29, 1.82) is 0 Å². The van der Waals surface area contributed by atoms with Crippen LogP contribution in [0.25, 0.3) is 0 Å². The smallest absolute Gasteiger partial charge is 0.323 e. The third-order valence-corrected chi connectivity index (χ3v) is 1.75. The number of methoxy groups -OCH3 is 1. The highest BCUT2D eigenvalue weighted by Gasteiger charge is 2.14. The van der Waals surface area contributed by atoms with Gasteiger partial charge in [0.2, 0.25) is 0 Å². The summed E-state index contributed by atoms with van der Waals surface area (Å²) in [5, 5.41) is 0. The Balaban J connectivity index is 3.72. The number of nitrogens with two attached hydrogens (primary N) is 1. The SMILES string of the molecule is COC(=O)[C@@H](N)C[S@](C)=O. The number of esters is 1. The zero-order chi connectivity index (χ0) is 8.15. The van der Waals surface area contributed by atoms with Gasteiger partial charge in [0.25, 0.3) is 0 Å². The molecule has 0 radical (unpaired) electrons. The molecule has 0 aromatic carbocycles. The van der Waals surface area contributed by atoms with Crippen LogP contribution in [0.2, 0.25) is 0 Å². The lowest BCUT2D eigenvalue weighted by atomic mass is 10.4. The first-order chi connectivity index (χ1) is 4.57. The summed E-state index contributed by atoms with van der Waals surface area (Å²) in [6, 6.07) is -0.754. The van der Waals surface area contributed by atoms with E-state index in [4.69, 9.17) is 5.73 Å². The summed E-state index contributed by atoms with van der Waals surface area (Å²) < 4.78 is 14.8. The van der Waals surface area contributed by atoms with Gasteiger partial charge in [-0.25, -0.2) is 0 Å². The molecule has 0 rings (SSSR count). The highest BCUT2D eigenvalue weighted by atomic mass is 32.2. The molecule has 0 unspecified atom stereocenters. The van der Waals surface area contributed by atoms with Crippen LogP contribution >= 0.6 is 0 Å². The van der Waals surface area contributed by atoms with Crippen molar-refractivity contribution in [1.82, 2.24) is 0 Å². The van der Waals surface area contributed by atoms with Crippen LogP contribution in [0.4, 0.5) is 0 Å². The van der Waals surface area contributed by atoms with Gasteiger partial charge in [0.05, 0.1) is 7.11 Å². The van der Waals surface area contributed by atoms with Crippen LogP contribution in [-0.4, -0.2) is 35.3 Å². The molecule has 0 aliphatic rings. The zero-order valence-corrected chi connectivity index (χ0v) is 6.81. The molecule has 60 valence electrons. The average Bonchev–Trinajstić information content (AvgIpc) is 1.85. The van der Waals surface area contributed by atoms with Crippen molar-refractivity contribution in [2.75, 3.05) is 19.1 Å². The van der Waals surface area contributed by atoms with Crippen LogP contribution in [0.5, 0.6) is 0 Å². The molecule has 0 saturated heterocycles. The summed E-state index contributed by atoms with van der Waals surface area (Å²) in [5.74, 6) is -0.359.